The summed E-state index contributed by atoms with van der Waals surface area (Å²) in [7, 11) is 0. The maximum atomic E-state index is 4.49. The Hall–Kier alpha value is -3.60. The fourth-order valence-corrected chi connectivity index (χ4v) is 3.92. The summed E-state index contributed by atoms with van der Waals surface area (Å²) in [6.07, 6.45) is 5.93. The van der Waals surface area contributed by atoms with Gasteiger partial charge in [0.1, 0.15) is 11.7 Å². The van der Waals surface area contributed by atoms with E-state index in [1.807, 2.05) is 33.0 Å². The van der Waals surface area contributed by atoms with Crippen LogP contribution in [0.15, 0.2) is 90.4 Å². The zero-order chi connectivity index (χ0) is 24.1. The second kappa shape index (κ2) is 10.3. The largest absolute Gasteiger partial charge is 0.378 e. The number of hydrogen-bond donors (Lipinski definition) is 2. The van der Waals surface area contributed by atoms with Crippen molar-refractivity contribution >= 4 is 11.5 Å². The molecule has 2 heterocycles. The van der Waals surface area contributed by atoms with Gasteiger partial charge in [0, 0.05) is 34.5 Å². The van der Waals surface area contributed by atoms with Crippen molar-refractivity contribution in [1.29, 1.82) is 0 Å². The summed E-state index contributed by atoms with van der Waals surface area (Å²) in [5, 5.41) is 6.83. The van der Waals surface area contributed by atoms with Crippen LogP contribution in [0.5, 0.6) is 0 Å². The summed E-state index contributed by atoms with van der Waals surface area (Å²) in [5.41, 5.74) is 7.79. The summed E-state index contributed by atoms with van der Waals surface area (Å²) < 4.78 is 2.09. The molecule has 0 fully saturated rings. The molecule has 5 heteroatoms. The Bertz CT molecular complexity index is 1120. The first kappa shape index (κ1) is 24.1. The lowest BCUT2D eigenvalue weighted by Crippen LogP contribution is -2.22. The molecule has 0 radical (unpaired) electrons. The molecule has 5 nitrogen and oxygen atoms in total. The topological polar surface area (TPSA) is 54.2 Å². The van der Waals surface area contributed by atoms with Gasteiger partial charge in [-0.1, -0.05) is 63.9 Å². The third-order valence-corrected chi connectivity index (χ3v) is 5.73. The van der Waals surface area contributed by atoms with Crippen molar-refractivity contribution in [3.8, 4) is 0 Å². The Morgan fingerprint density at radius 1 is 1.21 bits per heavy atom. The molecule has 3 rings (SSSR count). The molecule has 1 aromatic carbocycles. The molecular weight excluding hydrogens is 406 g/mol. The van der Waals surface area contributed by atoms with Gasteiger partial charge >= 0.3 is 0 Å². The molecule has 1 aliphatic heterocycles. The van der Waals surface area contributed by atoms with Crippen molar-refractivity contribution in [1.82, 2.24) is 20.2 Å². The van der Waals surface area contributed by atoms with Crippen LogP contribution in [0.1, 0.15) is 55.4 Å². The van der Waals surface area contributed by atoms with Crippen LogP contribution < -0.4 is 10.6 Å². The number of aryl methyl sites for hydroxylation is 2. The molecule has 1 aromatic heterocycles. The van der Waals surface area contributed by atoms with Gasteiger partial charge in [-0.3, -0.25) is 4.99 Å². The van der Waals surface area contributed by atoms with E-state index in [2.05, 4.69) is 82.7 Å². The monoisotopic (exact) mass is 441 g/mol. The molecule has 0 saturated heterocycles. The lowest BCUT2D eigenvalue weighted by molar-refractivity contribution is 0.549. The van der Waals surface area contributed by atoms with E-state index in [-0.39, 0.29) is 6.04 Å². The number of aromatic nitrogens is 2. The zero-order valence-electron chi connectivity index (χ0n) is 20.3. The quantitative estimate of drug-likeness (QED) is 0.446. The first-order valence-electron chi connectivity index (χ1n) is 11.3. The number of amidine groups is 1. The van der Waals surface area contributed by atoms with Crippen LogP contribution in [0.3, 0.4) is 0 Å². The number of nitrogens with one attached hydrogen (secondary N) is 2. The van der Waals surface area contributed by atoms with Crippen molar-refractivity contribution in [2.24, 2.45) is 4.99 Å². The normalized spacial score (nSPS) is 14.5. The molecule has 0 aliphatic carbocycles. The Balaban J connectivity index is 1.78. The molecular formula is C28H35N5. The van der Waals surface area contributed by atoms with Crippen molar-refractivity contribution in [3.05, 3.63) is 108 Å². The van der Waals surface area contributed by atoms with Crippen molar-refractivity contribution in [2.45, 2.75) is 46.6 Å². The lowest BCUT2D eigenvalue weighted by atomic mass is 9.99. The first-order chi connectivity index (χ1) is 15.7. The molecule has 2 N–H and O–H groups in total. The number of hydrogen-bond acceptors (Lipinski definition) is 4. The number of allylic oxidation sites excluding steroid dienone is 3. The molecule has 0 unspecified atom stereocenters. The molecule has 2 aromatic rings. The SMILES string of the molecule is C=C1CN=C(c2ccc([C@H](CCC)NC(=C)C(=C)/C=C(/C(=C)C)n3c(C)cnc3C)cc2)N1. The fraction of sp³-hybridized carbons (Fsp3) is 0.286. The molecule has 1 atom stereocenters. The highest BCUT2D eigenvalue weighted by Gasteiger charge is 2.16. The number of imidazole rings is 1. The summed E-state index contributed by atoms with van der Waals surface area (Å²) in [5.74, 6) is 1.80. The van der Waals surface area contributed by atoms with Crippen LogP contribution in [0, 0.1) is 13.8 Å². The molecule has 0 spiro atoms. The average molecular weight is 442 g/mol. The summed E-state index contributed by atoms with van der Waals surface area (Å²) >= 11 is 0. The van der Waals surface area contributed by atoms with E-state index in [0.29, 0.717) is 6.54 Å². The third kappa shape index (κ3) is 5.61. The predicted octanol–water partition coefficient (Wildman–Crippen LogP) is 5.98. The van der Waals surface area contributed by atoms with Gasteiger partial charge in [0.2, 0.25) is 0 Å². The molecule has 1 aliphatic rings. The van der Waals surface area contributed by atoms with Gasteiger partial charge < -0.3 is 15.2 Å². The van der Waals surface area contributed by atoms with E-state index in [1.165, 1.54) is 5.56 Å². The van der Waals surface area contributed by atoms with E-state index in [9.17, 15) is 0 Å². The van der Waals surface area contributed by atoms with Crippen LogP contribution in [0.2, 0.25) is 0 Å². The van der Waals surface area contributed by atoms with Crippen molar-refractivity contribution < 1.29 is 0 Å². The molecule has 0 amide bonds. The minimum atomic E-state index is 0.139. The predicted molar refractivity (Wildman–Crippen MR) is 140 cm³/mol. The number of nitrogens with zero attached hydrogens (tertiary/aromatic N) is 3. The van der Waals surface area contributed by atoms with Crippen LogP contribution in [0.4, 0.5) is 0 Å². The summed E-state index contributed by atoms with van der Waals surface area (Å²) in [6.45, 7) is 25.5. The maximum absolute atomic E-state index is 4.49. The summed E-state index contributed by atoms with van der Waals surface area (Å²) in [4.78, 5) is 8.91. The average Bonchev–Trinajstić information content (AvgIpc) is 3.36. The van der Waals surface area contributed by atoms with E-state index < -0.39 is 0 Å². The Kier molecular flexibility index (Phi) is 7.54. The maximum Gasteiger partial charge on any atom is 0.132 e. The van der Waals surface area contributed by atoms with E-state index in [1.54, 1.807) is 0 Å². The second-order valence-electron chi connectivity index (χ2n) is 8.60. The Morgan fingerprint density at radius 3 is 2.42 bits per heavy atom. The van der Waals surface area contributed by atoms with Gasteiger partial charge in [0.05, 0.1) is 12.6 Å². The number of benzene rings is 1. The van der Waals surface area contributed by atoms with Gasteiger partial charge in [-0.05, 0) is 50.0 Å². The molecule has 172 valence electrons. The van der Waals surface area contributed by atoms with E-state index in [0.717, 1.165) is 64.0 Å². The van der Waals surface area contributed by atoms with Crippen molar-refractivity contribution in [2.75, 3.05) is 6.54 Å². The zero-order valence-corrected chi connectivity index (χ0v) is 20.3. The number of rotatable bonds is 10. The highest BCUT2D eigenvalue weighted by Crippen LogP contribution is 2.25. The summed E-state index contributed by atoms with van der Waals surface area (Å²) in [6, 6.07) is 8.64. The van der Waals surface area contributed by atoms with E-state index in [4.69, 9.17) is 0 Å². The van der Waals surface area contributed by atoms with Crippen LogP contribution in [0.25, 0.3) is 5.70 Å². The fourth-order valence-electron chi connectivity index (χ4n) is 3.92. The smallest absolute Gasteiger partial charge is 0.132 e. The van der Waals surface area contributed by atoms with Crippen molar-refractivity contribution in [3.63, 3.8) is 0 Å². The number of aliphatic imine (C=N–C) groups is 1. The third-order valence-electron chi connectivity index (χ3n) is 5.73. The molecule has 0 bridgehead atoms. The minimum absolute atomic E-state index is 0.139. The van der Waals surface area contributed by atoms with Crippen LogP contribution >= 0.6 is 0 Å². The lowest BCUT2D eigenvalue weighted by Gasteiger charge is -2.23. The first-order valence-corrected chi connectivity index (χ1v) is 11.3. The standard InChI is InChI=1S/C28H35N5/c1-9-10-26(24-11-13-25(14-12-24)28-30-16-20(5)31-28)32-22(7)19(4)15-27(18(2)3)33-21(6)17-29-23(33)8/h11-15,17,26,32H,2,4-5,7,9-10,16H2,1,3,6,8H3,(H,30,31)/b27-15-/t26-/m0/s1. The highest BCUT2D eigenvalue weighted by molar-refractivity contribution is 6.01. The Labute approximate surface area is 198 Å². The van der Waals surface area contributed by atoms with Gasteiger partial charge in [0.15, 0.2) is 0 Å². The Morgan fingerprint density at radius 2 is 1.91 bits per heavy atom. The second-order valence-corrected chi connectivity index (χ2v) is 8.60. The van der Waals surface area contributed by atoms with Gasteiger partial charge in [-0.2, -0.15) is 0 Å². The molecule has 0 saturated carbocycles. The van der Waals surface area contributed by atoms with Gasteiger partial charge in [-0.25, -0.2) is 4.98 Å². The molecule has 33 heavy (non-hydrogen) atoms. The van der Waals surface area contributed by atoms with Gasteiger partial charge in [-0.15, -0.1) is 0 Å². The highest BCUT2D eigenvalue weighted by atomic mass is 15.1. The minimum Gasteiger partial charge on any atom is -0.378 e. The van der Waals surface area contributed by atoms with E-state index >= 15 is 0 Å². The van der Waals surface area contributed by atoms with Gasteiger partial charge in [0.25, 0.3) is 0 Å². The van der Waals surface area contributed by atoms with Crippen LogP contribution in [-0.2, 0) is 0 Å². The van der Waals surface area contributed by atoms with Crippen LogP contribution in [-0.4, -0.2) is 21.9 Å².